The Balaban J connectivity index is 1.85. The number of hydrogen-bond donors (Lipinski definition) is 1. The number of ether oxygens (including phenoxy) is 3. The number of aromatic nitrogens is 2. The molecule has 1 aromatic heterocycles. The Labute approximate surface area is 206 Å². The van der Waals surface area contributed by atoms with Gasteiger partial charge in [0.2, 0.25) is 0 Å². The minimum atomic E-state index is -4.48. The summed E-state index contributed by atoms with van der Waals surface area (Å²) >= 11 is 0. The number of benzene rings is 2. The van der Waals surface area contributed by atoms with E-state index >= 15 is 0 Å². The number of carboxylic acid groups (broad SMARTS) is 1. The zero-order chi connectivity index (χ0) is 26.7. The first-order valence-electron chi connectivity index (χ1n) is 11.0. The third-order valence-corrected chi connectivity index (χ3v) is 5.44. The van der Waals surface area contributed by atoms with Crippen LogP contribution in [0.15, 0.2) is 42.5 Å². The van der Waals surface area contributed by atoms with Crippen molar-refractivity contribution in [2.75, 3.05) is 7.11 Å². The second-order valence-corrected chi connectivity index (χ2v) is 8.70. The van der Waals surface area contributed by atoms with Crippen molar-refractivity contribution >= 4 is 5.97 Å². The van der Waals surface area contributed by atoms with E-state index in [9.17, 15) is 23.1 Å². The summed E-state index contributed by atoms with van der Waals surface area (Å²) in [6.07, 6.45) is -4.48. The summed E-state index contributed by atoms with van der Waals surface area (Å²) in [5.74, 6) is 0.00206. The average Bonchev–Trinajstić information content (AvgIpc) is 2.79. The summed E-state index contributed by atoms with van der Waals surface area (Å²) in [4.78, 5) is 20.2. The molecule has 0 bridgehead atoms. The molecule has 0 spiro atoms. The van der Waals surface area contributed by atoms with Crippen molar-refractivity contribution < 1.29 is 37.3 Å². The molecule has 0 saturated heterocycles. The molecule has 0 aliphatic carbocycles. The Hall–Kier alpha value is -3.66. The molecule has 10 heteroatoms. The van der Waals surface area contributed by atoms with Gasteiger partial charge in [-0.05, 0) is 63.6 Å². The fourth-order valence-electron chi connectivity index (χ4n) is 3.36. The number of nitrogens with zero attached hydrogens (tertiary/aromatic N) is 2. The molecule has 7 nitrogen and oxygen atoms in total. The van der Waals surface area contributed by atoms with Gasteiger partial charge in [0.05, 0.1) is 17.9 Å². The SMILES string of the molecule is COCc1nc(-c2cccc(C(F)(F)F)c2)nc(C)c1COc1ccc(OC(C)(C)C(=O)O)c(C)c1. The summed E-state index contributed by atoms with van der Waals surface area (Å²) in [7, 11) is 1.49. The largest absolute Gasteiger partial charge is 0.489 e. The van der Waals surface area contributed by atoms with Crippen LogP contribution in [-0.4, -0.2) is 33.8 Å². The fourth-order valence-corrected chi connectivity index (χ4v) is 3.36. The van der Waals surface area contributed by atoms with Crippen molar-refractivity contribution in [2.24, 2.45) is 0 Å². The molecule has 0 saturated carbocycles. The number of aliphatic carboxylic acids is 1. The quantitative estimate of drug-likeness (QED) is 0.397. The van der Waals surface area contributed by atoms with Gasteiger partial charge in [0.25, 0.3) is 0 Å². The maximum absolute atomic E-state index is 13.1. The van der Waals surface area contributed by atoms with Crippen LogP contribution in [0, 0.1) is 13.8 Å². The zero-order valence-electron chi connectivity index (χ0n) is 20.6. The highest BCUT2D eigenvalue weighted by Crippen LogP contribution is 2.32. The van der Waals surface area contributed by atoms with Crippen molar-refractivity contribution in [3.63, 3.8) is 0 Å². The number of hydrogen-bond acceptors (Lipinski definition) is 6. The highest BCUT2D eigenvalue weighted by molar-refractivity contribution is 5.76. The van der Waals surface area contributed by atoms with Gasteiger partial charge < -0.3 is 19.3 Å². The Morgan fingerprint density at radius 1 is 1.03 bits per heavy atom. The topological polar surface area (TPSA) is 90.8 Å². The molecule has 2 aromatic carbocycles. The Bertz CT molecular complexity index is 1260. The molecule has 0 fully saturated rings. The summed E-state index contributed by atoms with van der Waals surface area (Å²) in [5, 5.41) is 9.27. The number of aryl methyl sites for hydroxylation is 2. The van der Waals surface area contributed by atoms with Gasteiger partial charge in [-0.3, -0.25) is 0 Å². The van der Waals surface area contributed by atoms with E-state index in [1.165, 1.54) is 33.1 Å². The normalized spacial score (nSPS) is 11.9. The van der Waals surface area contributed by atoms with Crippen molar-refractivity contribution in [2.45, 2.75) is 52.7 Å². The van der Waals surface area contributed by atoms with Gasteiger partial charge >= 0.3 is 12.1 Å². The lowest BCUT2D eigenvalue weighted by atomic mass is 10.1. The van der Waals surface area contributed by atoms with Crippen LogP contribution >= 0.6 is 0 Å². The summed E-state index contributed by atoms with van der Waals surface area (Å²) in [6, 6.07) is 9.85. The number of rotatable bonds is 9. The maximum atomic E-state index is 13.1. The molecular formula is C26H27F3N2O5. The molecule has 3 rings (SSSR count). The first-order valence-corrected chi connectivity index (χ1v) is 11.0. The van der Waals surface area contributed by atoms with Crippen LogP contribution < -0.4 is 9.47 Å². The van der Waals surface area contributed by atoms with Crippen molar-refractivity contribution in [1.82, 2.24) is 9.97 Å². The second-order valence-electron chi connectivity index (χ2n) is 8.70. The van der Waals surface area contributed by atoms with Gasteiger partial charge in [0.1, 0.15) is 18.1 Å². The number of carbonyl (C=O) groups is 1. The molecule has 0 radical (unpaired) electrons. The molecule has 0 unspecified atom stereocenters. The molecule has 0 atom stereocenters. The first kappa shape index (κ1) is 26.9. The van der Waals surface area contributed by atoms with Gasteiger partial charge in [-0.25, -0.2) is 14.8 Å². The molecule has 0 aliphatic heterocycles. The van der Waals surface area contributed by atoms with Gasteiger partial charge in [0, 0.05) is 23.9 Å². The Kier molecular flexibility index (Phi) is 7.88. The maximum Gasteiger partial charge on any atom is 0.416 e. The molecule has 0 amide bonds. The minimum Gasteiger partial charge on any atom is -0.489 e. The molecule has 36 heavy (non-hydrogen) atoms. The predicted molar refractivity (Wildman–Crippen MR) is 126 cm³/mol. The van der Waals surface area contributed by atoms with Crippen molar-refractivity contribution in [3.05, 3.63) is 70.5 Å². The van der Waals surface area contributed by atoms with Crippen molar-refractivity contribution in [1.29, 1.82) is 0 Å². The Morgan fingerprint density at radius 3 is 2.36 bits per heavy atom. The average molecular weight is 505 g/mol. The molecule has 1 N–H and O–H groups in total. The van der Waals surface area contributed by atoms with Gasteiger partial charge in [0.15, 0.2) is 11.4 Å². The number of methoxy groups -OCH3 is 1. The number of halogens is 3. The first-order chi connectivity index (χ1) is 16.8. The van der Waals surface area contributed by atoms with E-state index in [0.29, 0.717) is 34.0 Å². The third kappa shape index (κ3) is 6.31. The highest BCUT2D eigenvalue weighted by Gasteiger charge is 2.31. The van der Waals surface area contributed by atoms with Gasteiger partial charge in [-0.2, -0.15) is 13.2 Å². The lowest BCUT2D eigenvalue weighted by molar-refractivity contribution is -0.152. The van der Waals surface area contributed by atoms with E-state index in [0.717, 1.165) is 12.1 Å². The Morgan fingerprint density at radius 2 is 1.75 bits per heavy atom. The molecule has 1 heterocycles. The van der Waals surface area contributed by atoms with Crippen LogP contribution in [0.5, 0.6) is 11.5 Å². The molecule has 3 aromatic rings. The predicted octanol–water partition coefficient (Wildman–Crippen LogP) is 5.75. The van der Waals surface area contributed by atoms with Gasteiger partial charge in [-0.15, -0.1) is 0 Å². The highest BCUT2D eigenvalue weighted by atomic mass is 19.4. The van der Waals surface area contributed by atoms with Crippen LogP contribution in [0.3, 0.4) is 0 Å². The van der Waals surface area contributed by atoms with Crippen LogP contribution in [0.2, 0.25) is 0 Å². The molecular weight excluding hydrogens is 477 g/mol. The van der Waals surface area contributed by atoms with E-state index in [1.54, 1.807) is 32.0 Å². The molecule has 0 aliphatic rings. The van der Waals surface area contributed by atoms with E-state index in [2.05, 4.69) is 9.97 Å². The van der Waals surface area contributed by atoms with E-state index in [4.69, 9.17) is 14.2 Å². The minimum absolute atomic E-state index is 0.0909. The smallest absolute Gasteiger partial charge is 0.416 e. The number of carboxylic acids is 1. The lowest BCUT2D eigenvalue weighted by Crippen LogP contribution is -2.38. The van der Waals surface area contributed by atoms with Gasteiger partial charge in [-0.1, -0.05) is 12.1 Å². The summed E-state index contributed by atoms with van der Waals surface area (Å²) in [5.41, 5.74) is 0.452. The second kappa shape index (κ2) is 10.5. The van der Waals surface area contributed by atoms with Crippen LogP contribution in [0.25, 0.3) is 11.4 Å². The lowest BCUT2D eigenvalue weighted by Gasteiger charge is -2.23. The van der Waals surface area contributed by atoms with E-state index in [1.807, 2.05) is 0 Å². The van der Waals surface area contributed by atoms with Crippen molar-refractivity contribution in [3.8, 4) is 22.9 Å². The zero-order valence-corrected chi connectivity index (χ0v) is 20.6. The molecule has 192 valence electrons. The van der Waals surface area contributed by atoms with E-state index < -0.39 is 23.3 Å². The fraction of sp³-hybridized carbons (Fsp3) is 0.346. The van der Waals surface area contributed by atoms with Crippen LogP contribution in [-0.2, 0) is 28.9 Å². The third-order valence-electron chi connectivity index (χ3n) is 5.44. The summed E-state index contributed by atoms with van der Waals surface area (Å²) in [6.45, 7) is 6.63. The standard InChI is InChI=1S/C26H27F3N2O5/c1-15-11-19(9-10-22(15)36-25(3,4)24(32)33)35-13-20-16(2)30-23(31-21(20)14-34-5)17-7-6-8-18(12-17)26(27,28)29/h6-12H,13-14H2,1-5H3,(H,32,33). The summed E-state index contributed by atoms with van der Waals surface area (Å²) < 4.78 is 56.2. The van der Waals surface area contributed by atoms with E-state index in [-0.39, 0.29) is 24.6 Å². The van der Waals surface area contributed by atoms with Crippen LogP contribution in [0.1, 0.15) is 41.9 Å². The number of alkyl halides is 3. The van der Waals surface area contributed by atoms with Crippen LogP contribution in [0.4, 0.5) is 13.2 Å². The monoisotopic (exact) mass is 504 g/mol.